The first kappa shape index (κ1) is 15.0. The number of hydrogen-bond acceptors (Lipinski definition) is 3. The highest BCUT2D eigenvalue weighted by Crippen LogP contribution is 2.28. The zero-order chi connectivity index (χ0) is 13.5. The maximum absolute atomic E-state index is 11.8. The fraction of sp³-hybridized carbons (Fsp3) is 0.462. The van der Waals surface area contributed by atoms with E-state index in [0.29, 0.717) is 24.5 Å². The van der Waals surface area contributed by atoms with Crippen LogP contribution < -0.4 is 15.8 Å². The van der Waals surface area contributed by atoms with Crippen LogP contribution in [0.1, 0.15) is 26.7 Å². The van der Waals surface area contributed by atoms with Crippen LogP contribution in [0.3, 0.4) is 0 Å². The van der Waals surface area contributed by atoms with Gasteiger partial charge in [0.15, 0.2) is 0 Å². The van der Waals surface area contributed by atoms with Gasteiger partial charge in [-0.25, -0.2) is 0 Å². The molecule has 1 unspecified atom stereocenters. The Morgan fingerprint density at radius 3 is 2.83 bits per heavy atom. The second-order valence-electron chi connectivity index (χ2n) is 3.96. The number of nitrogens with one attached hydrogen (secondary N) is 1. The SMILES string of the molecule is CCCC(N)C(=O)Nc1ccc(Br)cc1OCC. The lowest BCUT2D eigenvalue weighted by molar-refractivity contribution is -0.117. The van der Waals surface area contributed by atoms with E-state index in [9.17, 15) is 4.79 Å². The molecule has 1 rings (SSSR count). The van der Waals surface area contributed by atoms with Crippen molar-refractivity contribution < 1.29 is 9.53 Å². The number of amides is 1. The number of halogens is 1. The number of hydrogen-bond donors (Lipinski definition) is 2. The molecule has 0 aliphatic carbocycles. The molecular formula is C13H19BrN2O2. The number of benzene rings is 1. The fourth-order valence-electron chi connectivity index (χ4n) is 1.54. The van der Waals surface area contributed by atoms with Gasteiger partial charge in [0.1, 0.15) is 5.75 Å². The van der Waals surface area contributed by atoms with Crippen LogP contribution in [0, 0.1) is 0 Å². The number of carbonyl (C=O) groups is 1. The average Bonchev–Trinajstić information content (AvgIpc) is 2.33. The molecule has 4 nitrogen and oxygen atoms in total. The second kappa shape index (κ2) is 7.38. The van der Waals surface area contributed by atoms with E-state index in [1.165, 1.54) is 0 Å². The molecule has 0 radical (unpaired) electrons. The first-order chi connectivity index (χ1) is 8.58. The Bertz CT molecular complexity index is 410. The van der Waals surface area contributed by atoms with Crippen molar-refractivity contribution in [3.63, 3.8) is 0 Å². The summed E-state index contributed by atoms with van der Waals surface area (Å²) in [5.74, 6) is 0.462. The van der Waals surface area contributed by atoms with Crippen molar-refractivity contribution in [3.8, 4) is 5.75 Å². The molecule has 1 aromatic rings. The van der Waals surface area contributed by atoms with Gasteiger partial charge in [-0.3, -0.25) is 4.79 Å². The fourth-order valence-corrected chi connectivity index (χ4v) is 1.88. The molecule has 0 aliphatic heterocycles. The summed E-state index contributed by atoms with van der Waals surface area (Å²) in [6, 6.07) is 4.99. The standard InChI is InChI=1S/C13H19BrN2O2/c1-3-5-10(15)13(17)16-11-7-6-9(14)8-12(11)18-4-2/h6-8,10H,3-5,15H2,1-2H3,(H,16,17). The van der Waals surface area contributed by atoms with E-state index in [1.54, 1.807) is 6.07 Å². The van der Waals surface area contributed by atoms with Crippen molar-refractivity contribution in [1.29, 1.82) is 0 Å². The van der Waals surface area contributed by atoms with Crippen LogP contribution in [0.15, 0.2) is 22.7 Å². The van der Waals surface area contributed by atoms with Gasteiger partial charge in [0.25, 0.3) is 0 Å². The predicted molar refractivity (Wildman–Crippen MR) is 76.8 cm³/mol. The minimum absolute atomic E-state index is 0.180. The number of anilines is 1. The summed E-state index contributed by atoms with van der Waals surface area (Å²) in [6.45, 7) is 4.44. The maximum atomic E-state index is 11.8. The number of carbonyl (C=O) groups excluding carboxylic acids is 1. The van der Waals surface area contributed by atoms with Crippen LogP contribution >= 0.6 is 15.9 Å². The molecule has 1 aromatic carbocycles. The third-order valence-corrected chi connectivity index (χ3v) is 2.93. The third kappa shape index (κ3) is 4.31. The quantitative estimate of drug-likeness (QED) is 0.848. The zero-order valence-electron chi connectivity index (χ0n) is 10.7. The number of ether oxygens (including phenoxy) is 1. The molecule has 0 fully saturated rings. The number of nitrogens with two attached hydrogens (primary N) is 1. The highest BCUT2D eigenvalue weighted by atomic mass is 79.9. The summed E-state index contributed by atoms with van der Waals surface area (Å²) >= 11 is 3.37. The van der Waals surface area contributed by atoms with Crippen molar-refractivity contribution in [3.05, 3.63) is 22.7 Å². The lowest BCUT2D eigenvalue weighted by atomic mass is 10.1. The van der Waals surface area contributed by atoms with E-state index in [1.807, 2.05) is 26.0 Å². The van der Waals surface area contributed by atoms with Gasteiger partial charge in [-0.15, -0.1) is 0 Å². The normalized spacial score (nSPS) is 12.0. The van der Waals surface area contributed by atoms with Gasteiger partial charge in [0.05, 0.1) is 18.3 Å². The summed E-state index contributed by atoms with van der Waals surface area (Å²) in [6.07, 6.45) is 1.56. The van der Waals surface area contributed by atoms with Crippen molar-refractivity contribution in [2.45, 2.75) is 32.7 Å². The average molecular weight is 315 g/mol. The van der Waals surface area contributed by atoms with Crippen molar-refractivity contribution in [2.24, 2.45) is 5.73 Å². The lowest BCUT2D eigenvalue weighted by Gasteiger charge is -2.14. The summed E-state index contributed by atoms with van der Waals surface area (Å²) in [4.78, 5) is 11.8. The van der Waals surface area contributed by atoms with Crippen molar-refractivity contribution in [1.82, 2.24) is 0 Å². The Kier molecular flexibility index (Phi) is 6.15. The van der Waals surface area contributed by atoms with E-state index in [0.717, 1.165) is 10.9 Å². The first-order valence-electron chi connectivity index (χ1n) is 6.07. The van der Waals surface area contributed by atoms with E-state index in [-0.39, 0.29) is 5.91 Å². The molecule has 0 bridgehead atoms. The monoisotopic (exact) mass is 314 g/mol. The molecule has 18 heavy (non-hydrogen) atoms. The smallest absolute Gasteiger partial charge is 0.241 e. The van der Waals surface area contributed by atoms with E-state index in [2.05, 4.69) is 21.2 Å². The highest BCUT2D eigenvalue weighted by molar-refractivity contribution is 9.10. The number of rotatable bonds is 6. The van der Waals surface area contributed by atoms with Gasteiger partial charge < -0.3 is 15.8 Å². The molecular weight excluding hydrogens is 296 g/mol. The molecule has 5 heteroatoms. The summed E-state index contributed by atoms with van der Waals surface area (Å²) in [7, 11) is 0. The summed E-state index contributed by atoms with van der Waals surface area (Å²) in [5, 5.41) is 2.80. The molecule has 100 valence electrons. The van der Waals surface area contributed by atoms with Gasteiger partial charge in [0.2, 0.25) is 5.91 Å². The summed E-state index contributed by atoms with van der Waals surface area (Å²) < 4.78 is 6.38. The van der Waals surface area contributed by atoms with Gasteiger partial charge in [-0.05, 0) is 31.5 Å². The molecule has 0 aromatic heterocycles. The van der Waals surface area contributed by atoms with Gasteiger partial charge >= 0.3 is 0 Å². The van der Waals surface area contributed by atoms with Gasteiger partial charge in [-0.2, -0.15) is 0 Å². The molecule has 3 N–H and O–H groups in total. The van der Waals surface area contributed by atoms with Crippen LogP contribution in [-0.4, -0.2) is 18.6 Å². The molecule has 0 saturated carbocycles. The summed E-state index contributed by atoms with van der Waals surface area (Å²) in [5.41, 5.74) is 6.42. The van der Waals surface area contributed by atoms with Crippen LogP contribution in [-0.2, 0) is 4.79 Å². The first-order valence-corrected chi connectivity index (χ1v) is 6.86. The van der Waals surface area contributed by atoms with Crippen LogP contribution in [0.4, 0.5) is 5.69 Å². The van der Waals surface area contributed by atoms with E-state index < -0.39 is 6.04 Å². The van der Waals surface area contributed by atoms with E-state index >= 15 is 0 Å². The maximum Gasteiger partial charge on any atom is 0.241 e. The molecule has 0 saturated heterocycles. The highest BCUT2D eigenvalue weighted by Gasteiger charge is 2.14. The predicted octanol–water partition coefficient (Wildman–Crippen LogP) is 2.91. The van der Waals surface area contributed by atoms with Crippen LogP contribution in [0.5, 0.6) is 5.75 Å². The topological polar surface area (TPSA) is 64.4 Å². The molecule has 0 aliphatic rings. The Morgan fingerprint density at radius 2 is 2.22 bits per heavy atom. The van der Waals surface area contributed by atoms with Gasteiger partial charge in [0, 0.05) is 4.47 Å². The van der Waals surface area contributed by atoms with Gasteiger partial charge in [-0.1, -0.05) is 29.3 Å². The Morgan fingerprint density at radius 1 is 1.50 bits per heavy atom. The largest absolute Gasteiger partial charge is 0.492 e. The minimum atomic E-state index is -0.479. The van der Waals surface area contributed by atoms with E-state index in [4.69, 9.17) is 10.5 Å². The van der Waals surface area contributed by atoms with Crippen molar-refractivity contribution >= 4 is 27.5 Å². The molecule has 0 heterocycles. The minimum Gasteiger partial charge on any atom is -0.492 e. The third-order valence-electron chi connectivity index (χ3n) is 2.44. The van der Waals surface area contributed by atoms with Crippen LogP contribution in [0.25, 0.3) is 0 Å². The van der Waals surface area contributed by atoms with Crippen molar-refractivity contribution in [2.75, 3.05) is 11.9 Å². The zero-order valence-corrected chi connectivity index (χ0v) is 12.3. The van der Waals surface area contributed by atoms with Crippen LogP contribution in [0.2, 0.25) is 0 Å². The Hall–Kier alpha value is -1.07. The Labute approximate surface area is 116 Å². The Balaban J connectivity index is 2.80. The molecule has 1 amide bonds. The molecule has 0 spiro atoms. The second-order valence-corrected chi connectivity index (χ2v) is 4.87. The molecule has 1 atom stereocenters. The lowest BCUT2D eigenvalue weighted by Crippen LogP contribution is -2.35.